The Balaban J connectivity index is 2.67. The van der Waals surface area contributed by atoms with Crippen molar-refractivity contribution in [2.45, 2.75) is 13.2 Å². The van der Waals surface area contributed by atoms with Gasteiger partial charge in [0.15, 0.2) is 13.1 Å². The molecule has 0 bridgehead atoms. The van der Waals surface area contributed by atoms with Crippen LogP contribution in [-0.4, -0.2) is 24.1 Å². The third-order valence-corrected chi connectivity index (χ3v) is 2.86. The van der Waals surface area contributed by atoms with Crippen molar-refractivity contribution in [3.8, 4) is 17.6 Å². The molecule has 0 aromatic heterocycles. The second kappa shape index (κ2) is 6.40. The summed E-state index contributed by atoms with van der Waals surface area (Å²) in [6.45, 7) is 1.84. The zero-order valence-electron chi connectivity index (χ0n) is 11.4. The SMILES string of the molecule is CC#Cc1cccc2cc(OCOC)cc(C(O)O)c12. The van der Waals surface area contributed by atoms with Crippen molar-refractivity contribution >= 4 is 10.8 Å². The highest BCUT2D eigenvalue weighted by molar-refractivity contribution is 5.92. The van der Waals surface area contributed by atoms with Crippen LogP contribution in [0.4, 0.5) is 0 Å². The van der Waals surface area contributed by atoms with Crippen molar-refractivity contribution in [1.29, 1.82) is 0 Å². The van der Waals surface area contributed by atoms with Crippen molar-refractivity contribution in [2.75, 3.05) is 13.9 Å². The fourth-order valence-electron chi connectivity index (χ4n) is 2.09. The van der Waals surface area contributed by atoms with Crippen molar-refractivity contribution in [1.82, 2.24) is 0 Å². The average molecular weight is 272 g/mol. The van der Waals surface area contributed by atoms with Crippen LogP contribution in [0.2, 0.25) is 0 Å². The van der Waals surface area contributed by atoms with Gasteiger partial charge >= 0.3 is 0 Å². The average Bonchev–Trinajstić information content (AvgIpc) is 2.44. The highest BCUT2D eigenvalue weighted by Crippen LogP contribution is 2.31. The molecule has 2 N–H and O–H groups in total. The molecule has 0 spiro atoms. The fourth-order valence-corrected chi connectivity index (χ4v) is 2.09. The maximum absolute atomic E-state index is 9.58. The summed E-state index contributed by atoms with van der Waals surface area (Å²) in [7, 11) is 1.53. The lowest BCUT2D eigenvalue weighted by atomic mass is 9.98. The quantitative estimate of drug-likeness (QED) is 0.661. The molecule has 20 heavy (non-hydrogen) atoms. The summed E-state index contributed by atoms with van der Waals surface area (Å²) in [5.74, 6) is 6.32. The van der Waals surface area contributed by atoms with Crippen molar-refractivity contribution in [2.24, 2.45) is 0 Å². The lowest BCUT2D eigenvalue weighted by Crippen LogP contribution is -2.02. The number of benzene rings is 2. The molecule has 0 aliphatic rings. The van der Waals surface area contributed by atoms with E-state index in [1.807, 2.05) is 24.3 Å². The zero-order chi connectivity index (χ0) is 14.5. The number of hydrogen-bond acceptors (Lipinski definition) is 4. The smallest absolute Gasteiger partial charge is 0.188 e. The van der Waals surface area contributed by atoms with E-state index in [2.05, 4.69) is 11.8 Å². The monoisotopic (exact) mass is 272 g/mol. The first-order valence-corrected chi connectivity index (χ1v) is 6.14. The van der Waals surface area contributed by atoms with Gasteiger partial charge in [0.25, 0.3) is 0 Å². The van der Waals surface area contributed by atoms with E-state index in [1.54, 1.807) is 13.0 Å². The van der Waals surface area contributed by atoms with E-state index in [9.17, 15) is 10.2 Å². The standard InChI is InChI=1S/C16H16O4/c1-3-5-11-6-4-7-12-8-13(20-10-19-2)9-14(15(11)12)16(17)18/h4,6-9,16-18H,10H2,1-2H3. The van der Waals surface area contributed by atoms with Gasteiger partial charge in [0.1, 0.15) is 5.75 Å². The fraction of sp³-hybridized carbons (Fsp3) is 0.250. The van der Waals surface area contributed by atoms with Crippen LogP contribution in [0.1, 0.15) is 24.3 Å². The summed E-state index contributed by atoms with van der Waals surface area (Å²) >= 11 is 0. The molecule has 0 fully saturated rings. The van der Waals surface area contributed by atoms with E-state index in [1.165, 1.54) is 7.11 Å². The number of aliphatic hydroxyl groups is 2. The summed E-state index contributed by atoms with van der Waals surface area (Å²) in [4.78, 5) is 0. The molecule has 0 unspecified atom stereocenters. The number of hydrogen-bond donors (Lipinski definition) is 2. The van der Waals surface area contributed by atoms with E-state index < -0.39 is 6.29 Å². The minimum atomic E-state index is -1.59. The topological polar surface area (TPSA) is 58.9 Å². The van der Waals surface area contributed by atoms with Crippen LogP contribution < -0.4 is 4.74 Å². The Labute approximate surface area is 117 Å². The Kier molecular flexibility index (Phi) is 4.59. The van der Waals surface area contributed by atoms with Crippen LogP contribution in [0, 0.1) is 11.8 Å². The van der Waals surface area contributed by atoms with Gasteiger partial charge in [0.2, 0.25) is 0 Å². The van der Waals surface area contributed by atoms with Crippen LogP contribution in [0.15, 0.2) is 30.3 Å². The molecule has 0 heterocycles. The molecular weight excluding hydrogens is 256 g/mol. The lowest BCUT2D eigenvalue weighted by Gasteiger charge is -2.13. The second-order valence-corrected chi connectivity index (χ2v) is 4.22. The highest BCUT2D eigenvalue weighted by atomic mass is 16.7. The molecule has 0 saturated heterocycles. The van der Waals surface area contributed by atoms with Gasteiger partial charge in [0.05, 0.1) is 0 Å². The van der Waals surface area contributed by atoms with E-state index in [4.69, 9.17) is 9.47 Å². The predicted octanol–water partition coefficient (Wildman–Crippen LogP) is 2.18. The molecule has 2 aromatic rings. The van der Waals surface area contributed by atoms with Crippen molar-refractivity contribution < 1.29 is 19.7 Å². The van der Waals surface area contributed by atoms with Gasteiger partial charge in [0, 0.05) is 23.6 Å². The molecule has 0 aliphatic carbocycles. The summed E-state index contributed by atoms with van der Waals surface area (Å²) in [6, 6.07) is 9.01. The largest absolute Gasteiger partial charge is 0.468 e. The Bertz CT molecular complexity index is 665. The molecule has 2 aromatic carbocycles. The number of methoxy groups -OCH3 is 1. The molecule has 0 saturated carbocycles. The first kappa shape index (κ1) is 14.4. The third kappa shape index (κ3) is 2.91. The molecule has 4 nitrogen and oxygen atoms in total. The van der Waals surface area contributed by atoms with Gasteiger partial charge in [-0.3, -0.25) is 0 Å². The van der Waals surface area contributed by atoms with E-state index in [0.29, 0.717) is 11.3 Å². The second-order valence-electron chi connectivity index (χ2n) is 4.22. The minimum absolute atomic E-state index is 0.0981. The maximum atomic E-state index is 9.58. The summed E-state index contributed by atoms with van der Waals surface area (Å²) in [5, 5.41) is 20.7. The molecule has 0 radical (unpaired) electrons. The molecule has 104 valence electrons. The first-order chi connectivity index (χ1) is 9.67. The van der Waals surface area contributed by atoms with E-state index >= 15 is 0 Å². The number of fused-ring (bicyclic) bond motifs is 1. The predicted molar refractivity (Wildman–Crippen MR) is 76.2 cm³/mol. The van der Waals surface area contributed by atoms with Crippen molar-refractivity contribution in [3.05, 3.63) is 41.5 Å². The summed E-state index contributed by atoms with van der Waals surface area (Å²) in [6.07, 6.45) is -1.59. The molecule has 0 atom stereocenters. The van der Waals surface area contributed by atoms with Crippen LogP contribution in [0.5, 0.6) is 5.75 Å². The van der Waals surface area contributed by atoms with Crippen LogP contribution in [-0.2, 0) is 4.74 Å². The van der Waals surface area contributed by atoms with E-state index in [-0.39, 0.29) is 6.79 Å². The van der Waals surface area contributed by atoms with Gasteiger partial charge in [-0.1, -0.05) is 18.1 Å². The Morgan fingerprint density at radius 3 is 2.70 bits per heavy atom. The lowest BCUT2D eigenvalue weighted by molar-refractivity contribution is -0.0416. The molecule has 0 amide bonds. The number of aliphatic hydroxyl groups excluding tert-OH is 1. The van der Waals surface area contributed by atoms with Crippen LogP contribution >= 0.6 is 0 Å². The van der Waals surface area contributed by atoms with Gasteiger partial charge in [-0.15, -0.1) is 5.92 Å². The first-order valence-electron chi connectivity index (χ1n) is 6.14. The summed E-state index contributed by atoms with van der Waals surface area (Å²) in [5.41, 5.74) is 1.12. The Morgan fingerprint density at radius 2 is 2.05 bits per heavy atom. The van der Waals surface area contributed by atoms with E-state index in [0.717, 1.165) is 16.3 Å². The van der Waals surface area contributed by atoms with Crippen LogP contribution in [0.3, 0.4) is 0 Å². The zero-order valence-corrected chi connectivity index (χ0v) is 11.4. The minimum Gasteiger partial charge on any atom is -0.468 e. The maximum Gasteiger partial charge on any atom is 0.188 e. The molecule has 4 heteroatoms. The normalized spacial score (nSPS) is 10.4. The van der Waals surface area contributed by atoms with Gasteiger partial charge in [-0.25, -0.2) is 0 Å². The van der Waals surface area contributed by atoms with Gasteiger partial charge < -0.3 is 19.7 Å². The number of rotatable bonds is 4. The third-order valence-electron chi connectivity index (χ3n) is 2.86. The highest BCUT2D eigenvalue weighted by Gasteiger charge is 2.13. The molecule has 2 rings (SSSR count). The number of ether oxygens (including phenoxy) is 2. The Hall–Kier alpha value is -2.06. The van der Waals surface area contributed by atoms with Crippen LogP contribution in [0.25, 0.3) is 10.8 Å². The van der Waals surface area contributed by atoms with Gasteiger partial charge in [-0.05, 0) is 30.5 Å². The van der Waals surface area contributed by atoms with Gasteiger partial charge in [-0.2, -0.15) is 0 Å². The molecular formula is C16H16O4. The van der Waals surface area contributed by atoms with Crippen molar-refractivity contribution in [3.63, 3.8) is 0 Å². The molecule has 0 aliphatic heterocycles. The Morgan fingerprint density at radius 1 is 1.25 bits per heavy atom. The summed E-state index contributed by atoms with van der Waals surface area (Å²) < 4.78 is 10.2.